The summed E-state index contributed by atoms with van der Waals surface area (Å²) in [5.41, 5.74) is 2.88. The summed E-state index contributed by atoms with van der Waals surface area (Å²) in [7, 11) is 0. The fourth-order valence-electron chi connectivity index (χ4n) is 3.55. The van der Waals surface area contributed by atoms with Crippen LogP contribution in [0.25, 0.3) is 0 Å². The highest BCUT2D eigenvalue weighted by molar-refractivity contribution is 7.99. The van der Waals surface area contributed by atoms with Crippen LogP contribution in [-0.2, 0) is 24.2 Å². The van der Waals surface area contributed by atoms with Crippen molar-refractivity contribution >= 4 is 29.3 Å². The molecular weight excluding hydrogens is 370 g/mol. The number of rotatable bonds is 4. The number of thioether (sulfide) groups is 1. The number of aryl methyl sites for hydroxylation is 1. The molecule has 1 N–H and O–H groups in total. The van der Waals surface area contributed by atoms with Gasteiger partial charge in [0.25, 0.3) is 5.56 Å². The van der Waals surface area contributed by atoms with Gasteiger partial charge in [0, 0.05) is 29.3 Å². The lowest BCUT2D eigenvalue weighted by Crippen LogP contribution is -2.33. The Kier molecular flexibility index (Phi) is 5.05. The first-order chi connectivity index (χ1) is 12.6. The van der Waals surface area contributed by atoms with E-state index >= 15 is 0 Å². The van der Waals surface area contributed by atoms with Crippen molar-refractivity contribution in [3.05, 3.63) is 56.5 Å². The number of nitrogens with one attached hydrogen (secondary N) is 1. The third-order valence-corrected chi connectivity index (χ3v) is 6.30. The van der Waals surface area contributed by atoms with Gasteiger partial charge in [-0.15, -0.1) is 0 Å². The Balaban J connectivity index is 1.45. The summed E-state index contributed by atoms with van der Waals surface area (Å²) in [6.45, 7) is 0.458. The van der Waals surface area contributed by atoms with Crippen molar-refractivity contribution in [3.8, 4) is 0 Å². The fourth-order valence-corrected chi connectivity index (χ4v) is 4.83. The van der Waals surface area contributed by atoms with Crippen LogP contribution in [0.4, 0.5) is 0 Å². The first kappa shape index (κ1) is 17.6. The Morgan fingerprint density at radius 2 is 2.04 bits per heavy atom. The average Bonchev–Trinajstić information content (AvgIpc) is 3.04. The van der Waals surface area contributed by atoms with E-state index in [1.54, 1.807) is 28.5 Å². The zero-order chi connectivity index (χ0) is 18.1. The minimum absolute atomic E-state index is 0.0528. The van der Waals surface area contributed by atoms with Crippen LogP contribution in [0.15, 0.2) is 34.2 Å². The Bertz CT molecular complexity index is 895. The number of nitrogens with zero attached hydrogens (tertiary/aromatic N) is 2. The number of hydrogen-bond donors (Lipinski definition) is 1. The van der Waals surface area contributed by atoms with Crippen molar-refractivity contribution in [1.82, 2.24) is 14.9 Å². The van der Waals surface area contributed by atoms with Gasteiger partial charge in [-0.05, 0) is 43.4 Å². The van der Waals surface area contributed by atoms with Crippen LogP contribution in [0.1, 0.15) is 42.1 Å². The molecule has 0 saturated heterocycles. The predicted octanol–water partition coefficient (Wildman–Crippen LogP) is 3.13. The van der Waals surface area contributed by atoms with Gasteiger partial charge in [0.1, 0.15) is 0 Å². The minimum Gasteiger partial charge on any atom is -0.352 e. The summed E-state index contributed by atoms with van der Waals surface area (Å²) < 4.78 is 1.75. The second-order valence-electron chi connectivity index (χ2n) is 6.77. The number of carbonyl (C=O) groups excluding carboxylic acids is 1. The third kappa shape index (κ3) is 3.53. The van der Waals surface area contributed by atoms with E-state index in [0.29, 0.717) is 18.0 Å². The molecule has 2 aromatic rings. The van der Waals surface area contributed by atoms with E-state index in [1.807, 2.05) is 12.1 Å². The molecule has 0 radical (unpaired) electrons. The van der Waals surface area contributed by atoms with Crippen molar-refractivity contribution in [3.63, 3.8) is 0 Å². The van der Waals surface area contributed by atoms with Crippen LogP contribution < -0.4 is 10.9 Å². The van der Waals surface area contributed by atoms with Gasteiger partial charge in [-0.3, -0.25) is 14.2 Å². The molecule has 26 heavy (non-hydrogen) atoms. The summed E-state index contributed by atoms with van der Waals surface area (Å²) in [4.78, 5) is 29.9. The predicted molar refractivity (Wildman–Crippen MR) is 103 cm³/mol. The SMILES string of the molecule is O=C(CC1CSc2nc3c(c(=O)n21)CCCC3)NCc1ccc(Cl)cc1. The molecule has 1 aromatic carbocycles. The maximum Gasteiger partial charge on any atom is 0.257 e. The molecule has 5 nitrogen and oxygen atoms in total. The summed E-state index contributed by atoms with van der Waals surface area (Å²) >= 11 is 7.45. The molecule has 0 saturated carbocycles. The van der Waals surface area contributed by atoms with Crippen LogP contribution >= 0.6 is 23.4 Å². The van der Waals surface area contributed by atoms with Crippen molar-refractivity contribution in [2.45, 2.75) is 49.8 Å². The smallest absolute Gasteiger partial charge is 0.257 e. The molecule has 1 amide bonds. The molecule has 2 heterocycles. The highest BCUT2D eigenvalue weighted by atomic mass is 35.5. The van der Waals surface area contributed by atoms with Crippen molar-refractivity contribution in [2.24, 2.45) is 0 Å². The van der Waals surface area contributed by atoms with E-state index in [4.69, 9.17) is 16.6 Å². The maximum atomic E-state index is 12.9. The van der Waals surface area contributed by atoms with Gasteiger partial charge in [-0.2, -0.15) is 0 Å². The molecule has 1 atom stereocenters. The zero-order valence-corrected chi connectivity index (χ0v) is 15.9. The minimum atomic E-state index is -0.118. The van der Waals surface area contributed by atoms with Gasteiger partial charge in [0.15, 0.2) is 5.16 Å². The normalized spacial score (nSPS) is 18.3. The van der Waals surface area contributed by atoms with Gasteiger partial charge < -0.3 is 5.32 Å². The Hall–Kier alpha value is -1.79. The van der Waals surface area contributed by atoms with E-state index in [1.165, 1.54) is 0 Å². The number of amides is 1. The molecule has 4 rings (SSSR count). The monoisotopic (exact) mass is 389 g/mol. The fraction of sp³-hybridized carbons (Fsp3) is 0.421. The molecule has 136 valence electrons. The quantitative estimate of drug-likeness (QED) is 0.816. The zero-order valence-electron chi connectivity index (χ0n) is 14.3. The molecule has 0 fully saturated rings. The lowest BCUT2D eigenvalue weighted by atomic mass is 9.97. The van der Waals surface area contributed by atoms with Crippen LogP contribution in [0.3, 0.4) is 0 Å². The van der Waals surface area contributed by atoms with Gasteiger partial charge in [0.2, 0.25) is 5.91 Å². The van der Waals surface area contributed by atoms with E-state index in [2.05, 4.69) is 5.32 Å². The van der Waals surface area contributed by atoms with Crippen molar-refractivity contribution < 1.29 is 4.79 Å². The Labute approximate surface area is 161 Å². The number of fused-ring (bicyclic) bond motifs is 2. The van der Waals surface area contributed by atoms with E-state index < -0.39 is 0 Å². The second-order valence-corrected chi connectivity index (χ2v) is 8.20. The summed E-state index contributed by atoms with van der Waals surface area (Å²) in [5, 5.41) is 4.38. The Morgan fingerprint density at radius 3 is 2.85 bits per heavy atom. The van der Waals surface area contributed by atoms with Crippen LogP contribution in [0, 0.1) is 0 Å². The summed E-state index contributed by atoms with van der Waals surface area (Å²) in [6.07, 6.45) is 4.15. The average molecular weight is 390 g/mol. The van der Waals surface area contributed by atoms with Gasteiger partial charge in [-0.25, -0.2) is 4.98 Å². The molecule has 0 spiro atoms. The third-order valence-electron chi connectivity index (χ3n) is 4.95. The molecule has 1 aliphatic heterocycles. The number of benzene rings is 1. The number of hydrogen-bond acceptors (Lipinski definition) is 4. The molecule has 1 aliphatic carbocycles. The standard InChI is InChI=1S/C19H20ClN3O2S/c20-13-7-5-12(6-8-13)10-21-17(24)9-14-11-26-19-22-16-4-2-1-3-15(16)18(25)23(14)19/h5-8,14H,1-4,9-11H2,(H,21,24). The summed E-state index contributed by atoms with van der Waals surface area (Å²) in [6, 6.07) is 7.28. The second kappa shape index (κ2) is 7.45. The lowest BCUT2D eigenvalue weighted by molar-refractivity contribution is -0.121. The Morgan fingerprint density at radius 1 is 1.27 bits per heavy atom. The maximum absolute atomic E-state index is 12.9. The van der Waals surface area contributed by atoms with E-state index in [-0.39, 0.29) is 17.5 Å². The molecule has 0 bridgehead atoms. The largest absolute Gasteiger partial charge is 0.352 e. The molecule has 2 aliphatic rings. The molecule has 7 heteroatoms. The van der Waals surface area contributed by atoms with E-state index in [0.717, 1.165) is 53.4 Å². The van der Waals surface area contributed by atoms with Gasteiger partial charge in [-0.1, -0.05) is 35.5 Å². The topological polar surface area (TPSA) is 64.0 Å². The lowest BCUT2D eigenvalue weighted by Gasteiger charge is -2.18. The number of aromatic nitrogens is 2. The van der Waals surface area contributed by atoms with Crippen molar-refractivity contribution in [2.75, 3.05) is 5.75 Å². The number of halogens is 1. The molecule has 1 unspecified atom stereocenters. The summed E-state index contributed by atoms with van der Waals surface area (Å²) in [5.74, 6) is 0.669. The van der Waals surface area contributed by atoms with Gasteiger partial charge >= 0.3 is 0 Å². The van der Waals surface area contributed by atoms with E-state index in [9.17, 15) is 9.59 Å². The number of carbonyl (C=O) groups is 1. The van der Waals surface area contributed by atoms with Crippen LogP contribution in [0.5, 0.6) is 0 Å². The first-order valence-corrected chi connectivity index (χ1v) is 10.3. The highest BCUT2D eigenvalue weighted by Crippen LogP contribution is 2.33. The van der Waals surface area contributed by atoms with Gasteiger partial charge in [0.05, 0.1) is 11.7 Å². The van der Waals surface area contributed by atoms with Crippen LogP contribution in [-0.4, -0.2) is 21.2 Å². The van der Waals surface area contributed by atoms with Crippen LogP contribution in [0.2, 0.25) is 5.02 Å². The molecular formula is C19H20ClN3O2S. The first-order valence-electron chi connectivity index (χ1n) is 8.90. The van der Waals surface area contributed by atoms with Crippen molar-refractivity contribution in [1.29, 1.82) is 0 Å². The highest BCUT2D eigenvalue weighted by Gasteiger charge is 2.30. The molecule has 1 aromatic heterocycles.